The monoisotopic (exact) mass is 331 g/mol. The number of nitrogens with one attached hydrogen (secondary N) is 1. The van der Waals surface area contributed by atoms with Crippen molar-refractivity contribution in [1.29, 1.82) is 0 Å². The summed E-state index contributed by atoms with van der Waals surface area (Å²) >= 11 is 5.88. The van der Waals surface area contributed by atoms with Crippen molar-refractivity contribution in [2.45, 2.75) is 32.7 Å². The van der Waals surface area contributed by atoms with E-state index < -0.39 is 0 Å². The fourth-order valence-corrected chi connectivity index (χ4v) is 3.12. The van der Waals surface area contributed by atoms with E-state index in [0.717, 1.165) is 18.4 Å². The second kappa shape index (κ2) is 7.51. The summed E-state index contributed by atoms with van der Waals surface area (Å²) in [5.74, 6) is -0.153. The average molecular weight is 332 g/mol. The molecule has 0 fully saturated rings. The van der Waals surface area contributed by atoms with E-state index in [9.17, 15) is 9.90 Å². The molecule has 2 rings (SSSR count). The molecule has 0 bridgehead atoms. The van der Waals surface area contributed by atoms with Crippen molar-refractivity contribution in [2.75, 3.05) is 0 Å². The zero-order chi connectivity index (χ0) is 17.0. The van der Waals surface area contributed by atoms with E-state index in [4.69, 9.17) is 11.6 Å². The summed E-state index contributed by atoms with van der Waals surface area (Å²) in [5.41, 5.74) is 2.58. The van der Waals surface area contributed by atoms with Crippen LogP contribution in [0.1, 0.15) is 37.0 Å². The molecule has 1 aliphatic carbocycles. The highest BCUT2D eigenvalue weighted by molar-refractivity contribution is 6.32. The van der Waals surface area contributed by atoms with E-state index in [-0.39, 0.29) is 28.3 Å². The highest BCUT2D eigenvalue weighted by atomic mass is 35.5. The van der Waals surface area contributed by atoms with Crippen LogP contribution < -0.4 is 5.32 Å². The van der Waals surface area contributed by atoms with Gasteiger partial charge in [0.25, 0.3) is 5.91 Å². The molecule has 1 amide bonds. The molecule has 0 aromatic heterocycles. The maximum absolute atomic E-state index is 12.5. The number of carbonyl (C=O) groups is 1. The molecule has 1 aliphatic rings. The number of allylic oxidation sites excluding steroid dienone is 4. The zero-order valence-electron chi connectivity index (χ0n) is 13.5. The second-order valence-electron chi connectivity index (χ2n) is 5.91. The van der Waals surface area contributed by atoms with E-state index in [1.807, 2.05) is 19.1 Å². The van der Waals surface area contributed by atoms with Crippen LogP contribution >= 0.6 is 11.6 Å². The normalized spacial score (nSPS) is 21.5. The third-order valence-electron chi connectivity index (χ3n) is 4.36. The van der Waals surface area contributed by atoms with Gasteiger partial charge in [-0.1, -0.05) is 49.4 Å². The van der Waals surface area contributed by atoms with Crippen molar-refractivity contribution in [3.05, 3.63) is 64.7 Å². The van der Waals surface area contributed by atoms with E-state index in [2.05, 4.69) is 18.8 Å². The van der Waals surface area contributed by atoms with Crippen LogP contribution in [0.4, 0.5) is 0 Å². The number of para-hydroxylation sites is 1. The molecular weight excluding hydrogens is 310 g/mol. The van der Waals surface area contributed by atoms with Gasteiger partial charge in [-0.2, -0.15) is 0 Å². The lowest BCUT2D eigenvalue weighted by molar-refractivity contribution is 0.0926. The molecule has 0 saturated carbocycles. The third-order valence-corrected chi connectivity index (χ3v) is 4.67. The molecule has 3 nitrogen and oxygen atoms in total. The van der Waals surface area contributed by atoms with Gasteiger partial charge in [0.15, 0.2) is 0 Å². The van der Waals surface area contributed by atoms with Gasteiger partial charge in [-0.05, 0) is 49.0 Å². The molecule has 1 aromatic rings. The summed E-state index contributed by atoms with van der Waals surface area (Å²) in [4.78, 5) is 12.5. The van der Waals surface area contributed by atoms with Crippen LogP contribution in [-0.2, 0) is 0 Å². The number of phenols is 1. The van der Waals surface area contributed by atoms with Gasteiger partial charge in [-0.15, -0.1) is 0 Å². The fourth-order valence-electron chi connectivity index (χ4n) is 2.94. The highest BCUT2D eigenvalue weighted by Crippen LogP contribution is 2.32. The fraction of sp³-hybridized carbons (Fsp3) is 0.316. The smallest absolute Gasteiger partial charge is 0.255 e. The Labute approximate surface area is 142 Å². The number of hydrogen-bond donors (Lipinski definition) is 2. The SMILES string of the molecule is C=C/C=C\C1=C(C)C(NC(=O)c2cccc(Cl)c2O)C(C)CC1. The number of halogens is 1. The molecule has 0 saturated heterocycles. The highest BCUT2D eigenvalue weighted by Gasteiger charge is 2.28. The Kier molecular flexibility index (Phi) is 5.67. The summed E-state index contributed by atoms with van der Waals surface area (Å²) in [5, 5.41) is 13.2. The molecular formula is C19H22ClNO2. The number of amides is 1. The van der Waals surface area contributed by atoms with Gasteiger partial charge in [-0.25, -0.2) is 0 Å². The number of hydrogen-bond acceptors (Lipinski definition) is 2. The quantitative estimate of drug-likeness (QED) is 0.790. The Balaban J connectivity index is 2.26. The maximum atomic E-state index is 12.5. The van der Waals surface area contributed by atoms with Crippen LogP contribution in [0.5, 0.6) is 5.75 Å². The number of aromatic hydroxyl groups is 1. The van der Waals surface area contributed by atoms with Crippen LogP contribution in [0.2, 0.25) is 5.02 Å². The van der Waals surface area contributed by atoms with Gasteiger partial charge in [0.2, 0.25) is 0 Å². The molecule has 0 heterocycles. The largest absolute Gasteiger partial charge is 0.506 e. The summed E-state index contributed by atoms with van der Waals surface area (Å²) in [6.45, 7) is 7.86. The summed E-state index contributed by atoms with van der Waals surface area (Å²) in [6, 6.07) is 4.73. The molecule has 2 N–H and O–H groups in total. The van der Waals surface area contributed by atoms with Gasteiger partial charge < -0.3 is 10.4 Å². The van der Waals surface area contributed by atoms with E-state index >= 15 is 0 Å². The average Bonchev–Trinajstić information content (AvgIpc) is 2.53. The Morgan fingerprint density at radius 3 is 2.91 bits per heavy atom. The first-order chi connectivity index (χ1) is 11.0. The standard InChI is InChI=1S/C19H22ClNO2/c1-4-5-7-14-11-10-12(2)17(13(14)3)21-19(23)15-8-6-9-16(20)18(15)22/h4-9,12,17,22H,1,10-11H2,2-3H3,(H,21,23)/b7-5-. The number of phenolic OH excluding ortho intramolecular Hbond substituents is 1. The van der Waals surface area contributed by atoms with Crippen molar-refractivity contribution in [1.82, 2.24) is 5.32 Å². The molecule has 0 radical (unpaired) electrons. The van der Waals surface area contributed by atoms with E-state index in [0.29, 0.717) is 5.92 Å². The second-order valence-corrected chi connectivity index (χ2v) is 6.31. The minimum atomic E-state index is -0.310. The lowest BCUT2D eigenvalue weighted by atomic mass is 9.81. The topological polar surface area (TPSA) is 49.3 Å². The Hall–Kier alpha value is -2.00. The maximum Gasteiger partial charge on any atom is 0.255 e. The van der Waals surface area contributed by atoms with Crippen LogP contribution in [0.3, 0.4) is 0 Å². The lowest BCUT2D eigenvalue weighted by Gasteiger charge is -2.32. The Bertz CT molecular complexity index is 676. The molecule has 1 aromatic carbocycles. The van der Waals surface area contributed by atoms with Gasteiger partial charge in [-0.3, -0.25) is 4.79 Å². The summed E-state index contributed by atoms with van der Waals surface area (Å²) < 4.78 is 0. The molecule has 0 aliphatic heterocycles. The Morgan fingerprint density at radius 2 is 2.22 bits per heavy atom. The number of carbonyl (C=O) groups excluding carboxylic acids is 1. The van der Waals surface area contributed by atoms with Crippen molar-refractivity contribution < 1.29 is 9.90 Å². The van der Waals surface area contributed by atoms with Crippen molar-refractivity contribution in [3.8, 4) is 5.75 Å². The first-order valence-electron chi connectivity index (χ1n) is 7.72. The van der Waals surface area contributed by atoms with Crippen LogP contribution in [-0.4, -0.2) is 17.1 Å². The third kappa shape index (κ3) is 3.85. The number of benzene rings is 1. The molecule has 2 unspecified atom stereocenters. The summed E-state index contributed by atoms with van der Waals surface area (Å²) in [7, 11) is 0. The van der Waals surface area contributed by atoms with Gasteiger partial charge in [0.1, 0.15) is 5.75 Å². The molecule has 2 atom stereocenters. The minimum absolute atomic E-state index is 0.0564. The minimum Gasteiger partial charge on any atom is -0.506 e. The van der Waals surface area contributed by atoms with E-state index in [1.165, 1.54) is 5.57 Å². The van der Waals surface area contributed by atoms with Crippen LogP contribution in [0.25, 0.3) is 0 Å². The van der Waals surface area contributed by atoms with Gasteiger partial charge in [0, 0.05) is 0 Å². The van der Waals surface area contributed by atoms with Crippen LogP contribution in [0.15, 0.2) is 54.2 Å². The first-order valence-corrected chi connectivity index (χ1v) is 8.10. The number of rotatable bonds is 4. The molecule has 23 heavy (non-hydrogen) atoms. The van der Waals surface area contributed by atoms with Crippen LogP contribution in [0, 0.1) is 5.92 Å². The lowest BCUT2D eigenvalue weighted by Crippen LogP contribution is -2.42. The first kappa shape index (κ1) is 17.4. The van der Waals surface area contributed by atoms with Gasteiger partial charge >= 0.3 is 0 Å². The van der Waals surface area contributed by atoms with Gasteiger partial charge in [0.05, 0.1) is 16.6 Å². The summed E-state index contributed by atoms with van der Waals surface area (Å²) in [6.07, 6.45) is 7.70. The molecule has 4 heteroatoms. The van der Waals surface area contributed by atoms with Crippen molar-refractivity contribution in [3.63, 3.8) is 0 Å². The predicted octanol–water partition coefficient (Wildman–Crippen LogP) is 4.63. The van der Waals surface area contributed by atoms with E-state index in [1.54, 1.807) is 24.3 Å². The van der Waals surface area contributed by atoms with Crippen molar-refractivity contribution >= 4 is 17.5 Å². The van der Waals surface area contributed by atoms with Crippen molar-refractivity contribution in [2.24, 2.45) is 5.92 Å². The molecule has 122 valence electrons. The zero-order valence-corrected chi connectivity index (χ0v) is 14.2. The molecule has 0 spiro atoms. The predicted molar refractivity (Wildman–Crippen MR) is 94.8 cm³/mol. The Morgan fingerprint density at radius 1 is 1.48 bits per heavy atom.